The number of nitrogens with two attached hydrogens (primary N) is 1. The van der Waals surface area contributed by atoms with Gasteiger partial charge < -0.3 is 11.1 Å². The number of carbonyl (C=O) groups is 2. The van der Waals surface area contributed by atoms with Gasteiger partial charge in [0.05, 0.1) is 22.3 Å². The average molecular weight is 484 g/mol. The number of nitrogens with zero attached hydrogens (tertiary/aromatic N) is 1. The van der Waals surface area contributed by atoms with Crippen LogP contribution >= 0.6 is 11.3 Å². The molecule has 0 spiro atoms. The van der Waals surface area contributed by atoms with E-state index < -0.39 is 5.91 Å². The van der Waals surface area contributed by atoms with Crippen molar-refractivity contribution in [2.75, 3.05) is 5.32 Å². The van der Waals surface area contributed by atoms with Crippen LogP contribution in [0.4, 0.5) is 5.00 Å². The zero-order chi connectivity index (χ0) is 24.7. The van der Waals surface area contributed by atoms with Gasteiger partial charge in [-0.1, -0.05) is 43.7 Å². The lowest BCUT2D eigenvalue weighted by Crippen LogP contribution is -2.20. The highest BCUT2D eigenvalue weighted by atomic mass is 32.1. The molecule has 0 aliphatic heterocycles. The maximum atomic E-state index is 13.7. The number of aromatic nitrogens is 1. The molecule has 2 aromatic heterocycles. The minimum absolute atomic E-state index is 0.262. The molecular weight excluding hydrogens is 454 g/mol. The van der Waals surface area contributed by atoms with E-state index in [1.165, 1.54) is 27.3 Å². The molecule has 0 radical (unpaired) electrons. The van der Waals surface area contributed by atoms with Crippen LogP contribution in [0, 0.1) is 19.8 Å². The van der Waals surface area contributed by atoms with E-state index in [-0.39, 0.29) is 5.91 Å². The lowest BCUT2D eigenvalue weighted by Gasteiger charge is -2.20. The predicted molar refractivity (Wildman–Crippen MR) is 143 cm³/mol. The van der Waals surface area contributed by atoms with E-state index in [0.717, 1.165) is 53.4 Å². The molecule has 1 aliphatic rings. The van der Waals surface area contributed by atoms with E-state index in [1.54, 1.807) is 0 Å². The Hall–Kier alpha value is -3.51. The molecule has 3 N–H and O–H groups in total. The Kier molecular flexibility index (Phi) is 6.15. The molecule has 6 heteroatoms. The number of benzene rings is 2. The van der Waals surface area contributed by atoms with Gasteiger partial charge in [-0.2, -0.15) is 0 Å². The van der Waals surface area contributed by atoms with Crippen molar-refractivity contribution in [2.24, 2.45) is 11.7 Å². The third-order valence-electron chi connectivity index (χ3n) is 7.18. The number of carbonyl (C=O) groups excluding carboxylic acids is 2. The van der Waals surface area contributed by atoms with Gasteiger partial charge in [-0.05, 0) is 73.9 Å². The van der Waals surface area contributed by atoms with E-state index in [1.807, 2.05) is 36.4 Å². The molecule has 2 heterocycles. The number of thiophene rings is 1. The first kappa shape index (κ1) is 23.2. The maximum Gasteiger partial charge on any atom is 0.257 e. The van der Waals surface area contributed by atoms with Crippen LogP contribution in [0.1, 0.15) is 62.0 Å². The highest BCUT2D eigenvalue weighted by Gasteiger charge is 2.28. The summed E-state index contributed by atoms with van der Waals surface area (Å²) in [6.45, 7) is 6.34. The third kappa shape index (κ3) is 4.34. The quantitative estimate of drug-likeness (QED) is 0.342. The summed E-state index contributed by atoms with van der Waals surface area (Å²) in [7, 11) is 0. The zero-order valence-electron chi connectivity index (χ0n) is 20.3. The molecule has 35 heavy (non-hydrogen) atoms. The van der Waals surface area contributed by atoms with Crippen LogP contribution in [0.2, 0.25) is 0 Å². The summed E-state index contributed by atoms with van der Waals surface area (Å²) in [5, 5.41) is 4.36. The fourth-order valence-corrected chi connectivity index (χ4v) is 6.30. The summed E-state index contributed by atoms with van der Waals surface area (Å²) in [6, 6.07) is 15.7. The number of hydrogen-bond acceptors (Lipinski definition) is 4. The van der Waals surface area contributed by atoms with Gasteiger partial charge >= 0.3 is 0 Å². The Balaban J connectivity index is 1.57. The van der Waals surface area contributed by atoms with Gasteiger partial charge in [0.25, 0.3) is 11.8 Å². The van der Waals surface area contributed by atoms with Crippen molar-refractivity contribution in [1.82, 2.24) is 4.98 Å². The largest absolute Gasteiger partial charge is 0.365 e. The zero-order valence-corrected chi connectivity index (χ0v) is 21.1. The molecule has 2 amide bonds. The van der Waals surface area contributed by atoms with Crippen LogP contribution in [-0.2, 0) is 12.8 Å². The molecule has 2 aromatic carbocycles. The Morgan fingerprint density at radius 2 is 1.91 bits per heavy atom. The molecule has 0 unspecified atom stereocenters. The topological polar surface area (TPSA) is 85.1 Å². The van der Waals surface area contributed by atoms with E-state index in [0.29, 0.717) is 22.0 Å². The maximum absolute atomic E-state index is 13.7. The molecule has 5 rings (SSSR count). The van der Waals surface area contributed by atoms with Crippen LogP contribution in [-0.4, -0.2) is 16.8 Å². The molecular formula is C29H29N3O2S. The molecule has 1 atom stereocenters. The Morgan fingerprint density at radius 1 is 1.11 bits per heavy atom. The fraction of sp³-hybridized carbons (Fsp3) is 0.276. The summed E-state index contributed by atoms with van der Waals surface area (Å²) in [6.07, 6.45) is 3.91. The summed E-state index contributed by atoms with van der Waals surface area (Å²) in [5.74, 6) is -0.139. The molecule has 0 saturated carbocycles. The number of amides is 2. The minimum Gasteiger partial charge on any atom is -0.365 e. The van der Waals surface area contributed by atoms with Gasteiger partial charge in [0, 0.05) is 15.8 Å². The molecule has 0 fully saturated rings. The molecule has 1 aliphatic carbocycles. The van der Waals surface area contributed by atoms with E-state index in [4.69, 9.17) is 10.7 Å². The van der Waals surface area contributed by atoms with E-state index >= 15 is 0 Å². The molecule has 4 aromatic rings. The van der Waals surface area contributed by atoms with E-state index in [9.17, 15) is 9.59 Å². The van der Waals surface area contributed by atoms with Crippen molar-refractivity contribution >= 4 is 39.1 Å². The molecule has 178 valence electrons. The van der Waals surface area contributed by atoms with Crippen molar-refractivity contribution in [3.63, 3.8) is 0 Å². The first-order valence-electron chi connectivity index (χ1n) is 12.1. The van der Waals surface area contributed by atoms with E-state index in [2.05, 4.69) is 38.2 Å². The third-order valence-corrected chi connectivity index (χ3v) is 8.35. The van der Waals surface area contributed by atoms with Crippen LogP contribution in [0.5, 0.6) is 0 Å². The van der Waals surface area contributed by atoms with Gasteiger partial charge in [-0.3, -0.25) is 9.59 Å². The smallest absolute Gasteiger partial charge is 0.257 e. The first-order valence-corrected chi connectivity index (χ1v) is 12.9. The predicted octanol–water partition coefficient (Wildman–Crippen LogP) is 6.45. The number of nitrogens with one attached hydrogen (secondary N) is 1. The Bertz CT molecular complexity index is 1470. The summed E-state index contributed by atoms with van der Waals surface area (Å²) in [5.41, 5.74) is 12.6. The number of fused-ring (bicyclic) bond motifs is 2. The normalized spacial score (nSPS) is 15.1. The second-order valence-electron chi connectivity index (χ2n) is 9.41. The number of hydrogen-bond donors (Lipinski definition) is 2. The van der Waals surface area contributed by atoms with Crippen molar-refractivity contribution in [3.05, 3.63) is 81.2 Å². The fourth-order valence-electron chi connectivity index (χ4n) is 4.93. The molecule has 0 bridgehead atoms. The molecule has 0 saturated heterocycles. The number of aryl methyl sites for hydroxylation is 2. The number of pyridine rings is 1. The Morgan fingerprint density at radius 3 is 2.66 bits per heavy atom. The number of para-hydroxylation sites is 1. The van der Waals surface area contributed by atoms with Gasteiger partial charge in [-0.15, -0.1) is 11.3 Å². The average Bonchev–Trinajstić information content (AvgIpc) is 3.22. The van der Waals surface area contributed by atoms with Crippen molar-refractivity contribution in [3.8, 4) is 11.3 Å². The summed E-state index contributed by atoms with van der Waals surface area (Å²) in [4.78, 5) is 32.1. The van der Waals surface area contributed by atoms with Gasteiger partial charge in [0.2, 0.25) is 0 Å². The number of primary amides is 1. The highest BCUT2D eigenvalue weighted by molar-refractivity contribution is 7.17. The van der Waals surface area contributed by atoms with Crippen molar-refractivity contribution in [2.45, 2.75) is 46.5 Å². The number of rotatable bonds is 5. The lowest BCUT2D eigenvalue weighted by atomic mass is 9.85. The Labute approximate surface area is 209 Å². The monoisotopic (exact) mass is 483 g/mol. The van der Waals surface area contributed by atoms with Crippen molar-refractivity contribution < 1.29 is 9.59 Å². The van der Waals surface area contributed by atoms with Crippen LogP contribution in [0.25, 0.3) is 22.2 Å². The second kappa shape index (κ2) is 9.27. The summed E-state index contributed by atoms with van der Waals surface area (Å²) < 4.78 is 0. The highest BCUT2D eigenvalue weighted by Crippen LogP contribution is 2.40. The second-order valence-corrected chi connectivity index (χ2v) is 10.5. The first-order chi connectivity index (χ1) is 16.9. The van der Waals surface area contributed by atoms with Crippen molar-refractivity contribution in [1.29, 1.82) is 0 Å². The van der Waals surface area contributed by atoms with Crippen LogP contribution < -0.4 is 11.1 Å². The van der Waals surface area contributed by atoms with Crippen LogP contribution in [0.15, 0.2) is 48.5 Å². The number of anilines is 1. The van der Waals surface area contributed by atoms with Gasteiger partial charge in [0.15, 0.2) is 0 Å². The van der Waals surface area contributed by atoms with Gasteiger partial charge in [0.1, 0.15) is 5.00 Å². The van der Waals surface area contributed by atoms with Gasteiger partial charge in [-0.25, -0.2) is 4.98 Å². The van der Waals surface area contributed by atoms with Crippen LogP contribution in [0.3, 0.4) is 0 Å². The standard InChI is InChI=1S/C29H29N3O2S/c1-4-18-10-12-21-25(14-18)35-29(26(21)27(30)33)32-28(34)22-15-24(19-11-9-16(2)17(3)13-19)31-23-8-6-5-7-20(22)23/h5-9,11,13,15,18H,4,10,12,14H2,1-3H3,(H2,30,33)(H,32,34)/t18-/m0/s1. The molecule has 5 nitrogen and oxygen atoms in total. The SMILES string of the molecule is CC[C@H]1CCc2c(sc(NC(=O)c3cc(-c4ccc(C)c(C)c4)nc4ccccc34)c2C(N)=O)C1. The lowest BCUT2D eigenvalue weighted by molar-refractivity contribution is 0.1000. The minimum atomic E-state index is -0.483. The summed E-state index contributed by atoms with van der Waals surface area (Å²) >= 11 is 1.49.